The second-order valence-corrected chi connectivity index (χ2v) is 6.27. The number of primary amides is 1. The van der Waals surface area contributed by atoms with Gasteiger partial charge in [0.05, 0.1) is 23.5 Å². The fourth-order valence-corrected chi connectivity index (χ4v) is 3.30. The number of amides is 1. The summed E-state index contributed by atoms with van der Waals surface area (Å²) in [6.45, 7) is 0. The summed E-state index contributed by atoms with van der Waals surface area (Å²) in [5.41, 5.74) is 7.37. The van der Waals surface area contributed by atoms with E-state index in [4.69, 9.17) is 56.6 Å². The second-order valence-electron chi connectivity index (χ2n) is 5.86. The molecule has 1 aliphatic carbocycles. The average Bonchev–Trinajstić information content (AvgIpc) is 2.84. The van der Waals surface area contributed by atoms with E-state index in [0.717, 1.165) is 0 Å². The zero-order valence-electron chi connectivity index (χ0n) is 11.7. The third-order valence-corrected chi connectivity index (χ3v) is 4.69. The molecule has 1 heterocycles. The van der Waals surface area contributed by atoms with Crippen LogP contribution in [-0.2, 0) is 15.3 Å². The maximum atomic E-state index is 11.9. The molecule has 1 amide bonds. The van der Waals surface area contributed by atoms with E-state index in [9.17, 15) is 4.79 Å². The fraction of sp³-hybridized carbons (Fsp3) is 0.308. The number of benzene rings is 1. The van der Waals surface area contributed by atoms with Crippen LogP contribution in [0, 0.1) is 0 Å². The van der Waals surface area contributed by atoms with E-state index < -0.39 is 16.4 Å². The number of carbonyl (C=O) groups is 1. The van der Waals surface area contributed by atoms with Crippen LogP contribution >= 0.6 is 11.6 Å². The lowest BCUT2D eigenvalue weighted by Gasteiger charge is -2.41. The van der Waals surface area contributed by atoms with E-state index in [1.807, 2.05) is 0 Å². The van der Waals surface area contributed by atoms with Gasteiger partial charge in [0, 0.05) is 21.5 Å². The summed E-state index contributed by atoms with van der Waals surface area (Å²) in [5.74, 6) is -0.681. The molecule has 10 radical (unpaired) electrons. The molecule has 9 heteroatoms. The maximum Gasteiger partial charge on any atom is 0.220 e. The van der Waals surface area contributed by atoms with Gasteiger partial charge >= 0.3 is 0 Å². The first kappa shape index (κ1) is 15.7. The van der Waals surface area contributed by atoms with Crippen molar-refractivity contribution in [2.24, 2.45) is 5.73 Å². The molecule has 3 nitrogen and oxygen atoms in total. The quantitative estimate of drug-likeness (QED) is 0.621. The number of fused-ring (bicyclic) bond motifs is 3. The van der Waals surface area contributed by atoms with E-state index >= 15 is 0 Å². The van der Waals surface area contributed by atoms with Gasteiger partial charge in [0.25, 0.3) is 0 Å². The Labute approximate surface area is 140 Å². The zero-order valence-corrected chi connectivity index (χ0v) is 12.5. The van der Waals surface area contributed by atoms with Crippen LogP contribution in [-0.4, -0.2) is 50.1 Å². The van der Waals surface area contributed by atoms with Crippen molar-refractivity contribution in [3.8, 4) is 0 Å². The van der Waals surface area contributed by atoms with Gasteiger partial charge in [0.2, 0.25) is 5.91 Å². The van der Waals surface area contributed by atoms with E-state index in [0.29, 0.717) is 27.6 Å². The highest BCUT2D eigenvalue weighted by Gasteiger charge is 2.45. The van der Waals surface area contributed by atoms with Gasteiger partial charge in [-0.25, -0.2) is 0 Å². The van der Waals surface area contributed by atoms with Crippen molar-refractivity contribution >= 4 is 78.6 Å². The molecule has 0 saturated heterocycles. The number of carbonyl (C=O) groups excluding carboxylic acids is 1. The monoisotopic (exact) mass is 298 g/mol. The van der Waals surface area contributed by atoms with Crippen molar-refractivity contribution in [2.75, 3.05) is 0 Å². The maximum absolute atomic E-state index is 11.9. The predicted molar refractivity (Wildman–Crippen MR) is 93.1 cm³/mol. The molecule has 0 aliphatic heterocycles. The number of aromatic amines is 1. The minimum Gasteiger partial charge on any atom is -0.370 e. The minimum atomic E-state index is -1.41. The fourth-order valence-electron chi connectivity index (χ4n) is 3.09. The number of nitrogens with one attached hydrogen (secondary N) is 1. The van der Waals surface area contributed by atoms with Gasteiger partial charge < -0.3 is 10.7 Å². The van der Waals surface area contributed by atoms with Crippen LogP contribution in [0.25, 0.3) is 10.9 Å². The van der Waals surface area contributed by atoms with Gasteiger partial charge in [-0.1, -0.05) is 34.2 Å². The van der Waals surface area contributed by atoms with Crippen molar-refractivity contribution in [3.05, 3.63) is 22.3 Å². The SMILES string of the molecule is [B]c1cc(Cl)c([B])c2c3c([nH]c12)C([B])(C(N)=O)CCC3([B])[B]. The summed E-state index contributed by atoms with van der Waals surface area (Å²) in [5, 5.41) is -1.88. The molecule has 1 unspecified atom stereocenters. The van der Waals surface area contributed by atoms with Gasteiger partial charge in [-0.15, -0.1) is 0 Å². The number of halogens is 1. The van der Waals surface area contributed by atoms with Crippen LogP contribution in [0.5, 0.6) is 0 Å². The zero-order chi connectivity index (χ0) is 16.4. The number of nitrogens with two attached hydrogens (primary N) is 1. The Balaban J connectivity index is 2.51. The number of rotatable bonds is 1. The van der Waals surface area contributed by atoms with E-state index in [1.54, 1.807) is 0 Å². The molecule has 1 aromatic heterocycles. The van der Waals surface area contributed by atoms with Crippen molar-refractivity contribution < 1.29 is 4.79 Å². The van der Waals surface area contributed by atoms with Crippen molar-refractivity contribution in [2.45, 2.75) is 23.4 Å². The summed E-state index contributed by atoms with van der Waals surface area (Å²) >= 11 is 6.10. The lowest BCUT2D eigenvalue weighted by molar-refractivity contribution is -0.121. The Morgan fingerprint density at radius 1 is 1.27 bits per heavy atom. The highest BCUT2D eigenvalue weighted by atomic mass is 35.5. The first-order valence-electron chi connectivity index (χ1n) is 6.66. The Morgan fingerprint density at radius 3 is 2.50 bits per heavy atom. The molecule has 0 bridgehead atoms. The van der Waals surface area contributed by atoms with Gasteiger partial charge in [-0.3, -0.25) is 4.79 Å². The molecule has 98 valence electrons. The van der Waals surface area contributed by atoms with Crippen LogP contribution in [0.4, 0.5) is 0 Å². The summed E-state index contributed by atoms with van der Waals surface area (Å²) in [4.78, 5) is 14.9. The number of hydrogen-bond acceptors (Lipinski definition) is 1. The third kappa shape index (κ3) is 1.92. The van der Waals surface area contributed by atoms with Crippen LogP contribution in [0.15, 0.2) is 6.07 Å². The molecule has 1 atom stereocenters. The molecule has 0 fully saturated rings. The number of hydrogen-bond donors (Lipinski definition) is 2. The molecule has 3 N–H and O–H groups in total. The van der Waals surface area contributed by atoms with Gasteiger partial charge in [-0.2, -0.15) is 0 Å². The lowest BCUT2D eigenvalue weighted by atomic mass is 9.41. The summed E-state index contributed by atoms with van der Waals surface area (Å²) < 4.78 is 0. The summed E-state index contributed by atoms with van der Waals surface area (Å²) in [6, 6.07) is 1.51. The molecular weight excluding hydrogens is 290 g/mol. The lowest BCUT2D eigenvalue weighted by Crippen LogP contribution is -2.49. The van der Waals surface area contributed by atoms with Crippen LogP contribution in [0.3, 0.4) is 0 Å². The molecule has 22 heavy (non-hydrogen) atoms. The Hall–Kier alpha value is -1.16. The first-order valence-corrected chi connectivity index (χ1v) is 7.04. The highest BCUT2D eigenvalue weighted by molar-refractivity contribution is 6.54. The normalized spacial score (nSPS) is 23.3. The van der Waals surface area contributed by atoms with E-state index in [-0.39, 0.29) is 23.3 Å². The summed E-state index contributed by atoms with van der Waals surface area (Å²) in [6.07, 6.45) is 0.473. The third-order valence-electron chi connectivity index (χ3n) is 4.38. The van der Waals surface area contributed by atoms with Crippen LogP contribution in [0.1, 0.15) is 24.1 Å². The van der Waals surface area contributed by atoms with Crippen molar-refractivity contribution in [1.82, 2.24) is 4.98 Å². The Kier molecular flexibility index (Phi) is 3.34. The van der Waals surface area contributed by atoms with Gasteiger partial charge in [0.1, 0.15) is 15.7 Å². The molecule has 0 saturated carbocycles. The molecular formula is C13H8B5ClN2O. The molecule has 2 aromatic rings. The second kappa shape index (κ2) is 4.67. The van der Waals surface area contributed by atoms with Crippen LogP contribution in [0.2, 0.25) is 5.02 Å². The summed E-state index contributed by atoms with van der Waals surface area (Å²) in [7, 11) is 30.7. The van der Waals surface area contributed by atoms with Crippen LogP contribution < -0.4 is 16.7 Å². The average molecular weight is 298 g/mol. The smallest absolute Gasteiger partial charge is 0.220 e. The topological polar surface area (TPSA) is 58.9 Å². The van der Waals surface area contributed by atoms with E-state index in [1.165, 1.54) is 6.07 Å². The van der Waals surface area contributed by atoms with Crippen molar-refractivity contribution in [1.29, 1.82) is 0 Å². The minimum absolute atomic E-state index is 0.211. The first-order chi connectivity index (χ1) is 10.1. The standard InChI is InChI=1S/C13H8B5ClN2O/c14-4-3-5(19)8(15)6-7-10(21-9(4)6)12(16,11(20)22)1-2-13(7,17)18/h3,21H,1-2H2,(H2,20,22). The molecule has 1 aliphatic rings. The van der Waals surface area contributed by atoms with Gasteiger partial charge in [0.15, 0.2) is 0 Å². The van der Waals surface area contributed by atoms with E-state index in [2.05, 4.69) is 4.98 Å². The van der Waals surface area contributed by atoms with Gasteiger partial charge in [-0.05, 0) is 23.4 Å². The predicted octanol–water partition coefficient (Wildman–Crippen LogP) is -1.46. The molecule has 0 spiro atoms. The Bertz CT molecular complexity index is 819. The molecule has 1 aromatic carbocycles. The highest BCUT2D eigenvalue weighted by Crippen LogP contribution is 2.44. The molecule has 3 rings (SSSR count). The number of aromatic nitrogens is 1. The number of H-pyrrole nitrogens is 1. The Morgan fingerprint density at radius 2 is 1.91 bits per heavy atom. The van der Waals surface area contributed by atoms with Crippen molar-refractivity contribution in [3.63, 3.8) is 0 Å². The largest absolute Gasteiger partial charge is 0.370 e.